The molecule has 2 bridgehead atoms. The first kappa shape index (κ1) is 20.1. The molecule has 0 aromatic rings. The second-order valence-electron chi connectivity index (χ2n) is 9.95. The first-order chi connectivity index (χ1) is 13.3. The minimum atomic E-state index is -0.410. The second-order valence-corrected chi connectivity index (χ2v) is 10.4. The van der Waals surface area contributed by atoms with Gasteiger partial charge in [0.15, 0.2) is 5.11 Å². The monoisotopic (exact) mass is 407 g/mol. The first-order valence-electron chi connectivity index (χ1n) is 10.6. The molecule has 1 spiro atoms. The Bertz CT molecular complexity index is 686. The van der Waals surface area contributed by atoms with Gasteiger partial charge < -0.3 is 15.6 Å². The summed E-state index contributed by atoms with van der Waals surface area (Å²) in [6.45, 7) is 2.34. The van der Waals surface area contributed by atoms with Crippen molar-refractivity contribution in [2.45, 2.75) is 64.4 Å². The largest absolute Gasteiger partial charge is 0.469 e. The Morgan fingerprint density at radius 3 is 2.82 bits per heavy atom. The lowest BCUT2D eigenvalue weighted by Gasteiger charge is -2.62. The van der Waals surface area contributed by atoms with E-state index in [0.29, 0.717) is 35.5 Å². The molecule has 4 rings (SSSR count). The number of rotatable bonds is 3. The minimum Gasteiger partial charge on any atom is -0.469 e. The average molecular weight is 408 g/mol. The number of aliphatic hydroxyl groups is 1. The highest BCUT2D eigenvalue weighted by Gasteiger charge is 2.64. The summed E-state index contributed by atoms with van der Waals surface area (Å²) >= 11 is 4.84. The predicted molar refractivity (Wildman–Crippen MR) is 111 cm³/mol. The molecule has 4 saturated carbocycles. The molecule has 156 valence electrons. The first-order valence-corrected chi connectivity index (χ1v) is 11.0. The fourth-order valence-electron chi connectivity index (χ4n) is 7.90. The quantitative estimate of drug-likeness (QED) is 0.288. The molecule has 0 heterocycles. The highest BCUT2D eigenvalue weighted by Crippen LogP contribution is 2.70. The minimum absolute atomic E-state index is 0.00283. The van der Waals surface area contributed by atoms with Gasteiger partial charge in [-0.3, -0.25) is 10.2 Å². The van der Waals surface area contributed by atoms with Crippen LogP contribution in [0.3, 0.4) is 0 Å². The summed E-state index contributed by atoms with van der Waals surface area (Å²) in [6, 6.07) is 0. The summed E-state index contributed by atoms with van der Waals surface area (Å²) in [5.74, 6) is 1.69. The van der Waals surface area contributed by atoms with Crippen molar-refractivity contribution in [2.75, 3.05) is 7.11 Å². The van der Waals surface area contributed by atoms with Crippen LogP contribution in [0.4, 0.5) is 0 Å². The number of nitrogens with two attached hydrogens (primary N) is 1. The smallest absolute Gasteiger partial charge is 0.309 e. The Morgan fingerprint density at radius 2 is 2.11 bits per heavy atom. The van der Waals surface area contributed by atoms with Crippen LogP contribution >= 0.6 is 12.2 Å². The maximum atomic E-state index is 12.5. The van der Waals surface area contributed by atoms with Crippen molar-refractivity contribution in [1.82, 2.24) is 5.43 Å². The van der Waals surface area contributed by atoms with Gasteiger partial charge in [-0.15, -0.1) is 0 Å². The Morgan fingerprint density at radius 1 is 1.32 bits per heavy atom. The van der Waals surface area contributed by atoms with E-state index in [1.54, 1.807) is 0 Å². The van der Waals surface area contributed by atoms with Crippen LogP contribution in [0.5, 0.6) is 0 Å². The van der Waals surface area contributed by atoms with Crippen molar-refractivity contribution in [2.24, 2.45) is 51.3 Å². The SMILES string of the molecule is COC(=O)[C@@H]1C[C@@H](O)C[C@]2(C)[C@@H]1CC[C@@]13C[C@@H](CC[C@H]12)[C@H](/C=N/NC(N)=S)C3. The third-order valence-corrected chi connectivity index (χ3v) is 8.80. The molecule has 0 aromatic heterocycles. The number of ether oxygens (including phenoxy) is 1. The summed E-state index contributed by atoms with van der Waals surface area (Å²) in [6.07, 6.45) is 9.96. The molecule has 7 heteroatoms. The number of thiocarbonyl (C=S) groups is 1. The van der Waals surface area contributed by atoms with Gasteiger partial charge >= 0.3 is 5.97 Å². The van der Waals surface area contributed by atoms with Crippen molar-refractivity contribution < 1.29 is 14.6 Å². The Kier molecular flexibility index (Phi) is 5.19. The van der Waals surface area contributed by atoms with E-state index < -0.39 is 6.10 Å². The zero-order chi connectivity index (χ0) is 20.1. The average Bonchev–Trinajstić information content (AvgIpc) is 2.89. The van der Waals surface area contributed by atoms with Gasteiger partial charge in [-0.05, 0) is 98.1 Å². The predicted octanol–water partition coefficient (Wildman–Crippen LogP) is 2.59. The van der Waals surface area contributed by atoms with Crippen LogP contribution in [0.15, 0.2) is 5.10 Å². The normalized spacial score (nSPS) is 47.2. The van der Waals surface area contributed by atoms with Gasteiger partial charge in [-0.1, -0.05) is 6.92 Å². The number of carbonyl (C=O) groups excluding carboxylic acids is 1. The molecule has 0 aliphatic heterocycles. The van der Waals surface area contributed by atoms with Crippen LogP contribution < -0.4 is 11.2 Å². The van der Waals surface area contributed by atoms with Gasteiger partial charge in [0, 0.05) is 6.21 Å². The molecule has 4 aliphatic carbocycles. The zero-order valence-corrected chi connectivity index (χ0v) is 17.7. The molecule has 4 fully saturated rings. The van der Waals surface area contributed by atoms with Crippen LogP contribution in [0.1, 0.15) is 58.3 Å². The van der Waals surface area contributed by atoms with Gasteiger partial charge in [0.1, 0.15) is 0 Å². The number of carbonyl (C=O) groups is 1. The number of esters is 1. The van der Waals surface area contributed by atoms with Gasteiger partial charge in [0.05, 0.1) is 19.1 Å². The molecule has 0 radical (unpaired) electrons. The van der Waals surface area contributed by atoms with Crippen LogP contribution in [-0.2, 0) is 9.53 Å². The molecule has 6 nitrogen and oxygen atoms in total. The molecule has 4 N–H and O–H groups in total. The molecule has 0 aromatic carbocycles. The standard InChI is InChI=1S/C21H33N3O3S/c1-20-10-14(25)7-15(18(26)27-2)16(20)5-6-21-8-12(3-4-17(20)21)13(9-21)11-23-24-19(22)28/h11-17,25H,3-10H2,1-2H3,(H3,22,24,28)/b23-11+/t12-,13+,14-,15-,16-,17+,20-,21+/m1/s1. The fourth-order valence-corrected chi connectivity index (χ4v) is 7.96. The summed E-state index contributed by atoms with van der Waals surface area (Å²) < 4.78 is 5.11. The molecular weight excluding hydrogens is 374 g/mol. The van der Waals surface area contributed by atoms with Crippen LogP contribution in [0.25, 0.3) is 0 Å². The van der Waals surface area contributed by atoms with Crippen molar-refractivity contribution in [3.05, 3.63) is 0 Å². The summed E-state index contributed by atoms with van der Waals surface area (Å²) in [4.78, 5) is 12.5. The Hall–Kier alpha value is -1.21. The molecule has 0 saturated heterocycles. The lowest BCUT2D eigenvalue weighted by molar-refractivity contribution is -0.176. The van der Waals surface area contributed by atoms with E-state index in [-0.39, 0.29) is 22.4 Å². The number of nitrogens with zero attached hydrogens (tertiary/aromatic N) is 1. The maximum Gasteiger partial charge on any atom is 0.309 e. The van der Waals surface area contributed by atoms with Crippen molar-refractivity contribution in [3.63, 3.8) is 0 Å². The topological polar surface area (TPSA) is 96.9 Å². The van der Waals surface area contributed by atoms with Crippen molar-refractivity contribution >= 4 is 29.5 Å². The molecule has 0 amide bonds. The summed E-state index contributed by atoms with van der Waals surface area (Å²) in [5, 5.41) is 15.1. The number of hydrazone groups is 1. The summed E-state index contributed by atoms with van der Waals surface area (Å²) in [5.41, 5.74) is 8.50. The highest BCUT2D eigenvalue weighted by molar-refractivity contribution is 7.80. The van der Waals surface area contributed by atoms with Crippen LogP contribution in [0.2, 0.25) is 0 Å². The summed E-state index contributed by atoms with van der Waals surface area (Å²) in [7, 11) is 1.47. The van der Waals surface area contributed by atoms with Crippen molar-refractivity contribution in [1.29, 1.82) is 0 Å². The van der Waals surface area contributed by atoms with E-state index >= 15 is 0 Å². The Labute approximate surface area is 172 Å². The van der Waals surface area contributed by atoms with E-state index in [4.69, 9.17) is 22.7 Å². The second kappa shape index (κ2) is 7.24. The number of hydrogen-bond donors (Lipinski definition) is 3. The van der Waals surface area contributed by atoms with Crippen molar-refractivity contribution in [3.8, 4) is 0 Å². The van der Waals surface area contributed by atoms with Gasteiger partial charge in [0.2, 0.25) is 0 Å². The van der Waals surface area contributed by atoms with E-state index in [2.05, 4.69) is 17.5 Å². The number of fused-ring (bicyclic) bond motifs is 3. The van der Waals surface area contributed by atoms with E-state index in [1.807, 2.05) is 6.21 Å². The van der Waals surface area contributed by atoms with Crippen LogP contribution in [0, 0.1) is 40.4 Å². The van der Waals surface area contributed by atoms with E-state index in [1.165, 1.54) is 32.8 Å². The fraction of sp³-hybridized carbons (Fsp3) is 0.857. The van der Waals surface area contributed by atoms with Gasteiger partial charge in [0.25, 0.3) is 0 Å². The molecule has 0 unspecified atom stereocenters. The third-order valence-electron chi connectivity index (χ3n) is 8.71. The van der Waals surface area contributed by atoms with E-state index in [9.17, 15) is 9.90 Å². The lowest BCUT2D eigenvalue weighted by atomic mass is 9.43. The zero-order valence-electron chi connectivity index (χ0n) is 16.9. The Balaban J connectivity index is 1.59. The third kappa shape index (κ3) is 3.15. The maximum absolute atomic E-state index is 12.5. The molecule has 4 aliphatic rings. The molecule has 8 atom stereocenters. The van der Waals surface area contributed by atoms with Gasteiger partial charge in [-0.2, -0.15) is 5.10 Å². The highest BCUT2D eigenvalue weighted by atomic mass is 32.1. The van der Waals surface area contributed by atoms with Gasteiger partial charge in [-0.25, -0.2) is 0 Å². The number of aliphatic hydroxyl groups excluding tert-OH is 1. The number of hydrogen-bond acceptors (Lipinski definition) is 5. The molecule has 28 heavy (non-hydrogen) atoms. The van der Waals surface area contributed by atoms with E-state index in [0.717, 1.165) is 19.3 Å². The number of nitrogens with one attached hydrogen (secondary N) is 1. The number of methoxy groups -OCH3 is 1. The molecular formula is C21H33N3O3S. The lowest BCUT2D eigenvalue weighted by Crippen LogP contribution is -2.57. The van der Waals surface area contributed by atoms with Crippen LogP contribution in [-0.4, -0.2) is 35.6 Å².